The molecule has 1 aliphatic rings. The molecule has 1 unspecified atom stereocenters. The zero-order valence-electron chi connectivity index (χ0n) is 10.4. The number of hydrogen-bond donors (Lipinski definition) is 1. The predicted octanol–water partition coefficient (Wildman–Crippen LogP) is 1.17. The molecule has 18 heavy (non-hydrogen) atoms. The molecule has 0 aliphatic carbocycles. The second-order valence-electron chi connectivity index (χ2n) is 4.48. The van der Waals surface area contributed by atoms with Crippen molar-refractivity contribution in [2.24, 2.45) is 0 Å². The molecular weight excluding hydrogens is 249 g/mol. The van der Waals surface area contributed by atoms with Crippen LogP contribution in [0, 0.1) is 0 Å². The molecule has 0 aromatic heterocycles. The van der Waals surface area contributed by atoms with Gasteiger partial charge in [0, 0.05) is 20.2 Å². The third-order valence-corrected chi connectivity index (χ3v) is 2.78. The molecule has 1 rings (SSSR count). The van der Waals surface area contributed by atoms with E-state index in [4.69, 9.17) is 4.74 Å². The van der Waals surface area contributed by atoms with Gasteiger partial charge >= 0.3 is 6.18 Å². The van der Waals surface area contributed by atoms with Gasteiger partial charge in [0.15, 0.2) is 0 Å². The fraction of sp³-hybridized carbons (Fsp3) is 0.909. The minimum Gasteiger partial charge on any atom is -0.376 e. The minimum absolute atomic E-state index is 0.00955. The Labute approximate surface area is 104 Å². The van der Waals surface area contributed by atoms with E-state index < -0.39 is 12.7 Å². The maximum absolute atomic E-state index is 11.9. The number of likely N-dealkylation sites (N-methyl/N-ethyl adjacent to an activating group) is 1. The number of nitrogens with zero attached hydrogens (tertiary/aromatic N) is 1. The highest BCUT2D eigenvalue weighted by Gasteiger charge is 2.27. The van der Waals surface area contributed by atoms with Gasteiger partial charge in [0.2, 0.25) is 5.91 Å². The third-order valence-electron chi connectivity index (χ3n) is 2.78. The van der Waals surface area contributed by atoms with Crippen LogP contribution in [0.5, 0.6) is 0 Å². The van der Waals surface area contributed by atoms with Gasteiger partial charge in [-0.15, -0.1) is 0 Å². The zero-order chi connectivity index (χ0) is 13.6. The minimum atomic E-state index is -4.29. The van der Waals surface area contributed by atoms with Crippen molar-refractivity contribution >= 4 is 5.91 Å². The molecule has 4 nitrogen and oxygen atoms in total. The van der Waals surface area contributed by atoms with E-state index in [1.165, 1.54) is 4.90 Å². The largest absolute Gasteiger partial charge is 0.401 e. The molecule has 1 N–H and O–H groups in total. The fourth-order valence-electron chi connectivity index (χ4n) is 1.80. The SMILES string of the molecule is CN(CC1CCCCO1)C(=O)CNCC(F)(F)F. The van der Waals surface area contributed by atoms with Gasteiger partial charge in [0.05, 0.1) is 19.2 Å². The van der Waals surface area contributed by atoms with Crippen LogP contribution in [0.4, 0.5) is 13.2 Å². The smallest absolute Gasteiger partial charge is 0.376 e. The van der Waals surface area contributed by atoms with Crippen molar-refractivity contribution in [2.75, 3.05) is 33.3 Å². The summed E-state index contributed by atoms with van der Waals surface area (Å²) in [5, 5.41) is 2.09. The van der Waals surface area contributed by atoms with Gasteiger partial charge < -0.3 is 15.0 Å². The Balaban J connectivity index is 2.19. The Morgan fingerprint density at radius 2 is 2.17 bits per heavy atom. The molecular formula is C11H19F3N2O2. The lowest BCUT2D eigenvalue weighted by Gasteiger charge is -2.27. The van der Waals surface area contributed by atoms with Gasteiger partial charge in [-0.25, -0.2) is 0 Å². The molecule has 0 radical (unpaired) electrons. The van der Waals surface area contributed by atoms with Gasteiger partial charge in [-0.1, -0.05) is 0 Å². The van der Waals surface area contributed by atoms with Crippen LogP contribution < -0.4 is 5.32 Å². The van der Waals surface area contributed by atoms with Crippen LogP contribution in [-0.4, -0.2) is 56.4 Å². The summed E-state index contributed by atoms with van der Waals surface area (Å²) in [6, 6.07) is 0. The number of carbonyl (C=O) groups is 1. The Morgan fingerprint density at radius 3 is 2.72 bits per heavy atom. The van der Waals surface area contributed by atoms with E-state index in [-0.39, 0.29) is 18.6 Å². The van der Waals surface area contributed by atoms with Crippen LogP contribution in [0.15, 0.2) is 0 Å². The first-order valence-electron chi connectivity index (χ1n) is 6.01. The normalized spacial score (nSPS) is 20.8. The number of alkyl halides is 3. The highest BCUT2D eigenvalue weighted by Crippen LogP contribution is 2.14. The summed E-state index contributed by atoms with van der Waals surface area (Å²) in [5.41, 5.74) is 0. The highest BCUT2D eigenvalue weighted by molar-refractivity contribution is 5.77. The molecule has 0 saturated carbocycles. The molecule has 1 heterocycles. The van der Waals surface area contributed by atoms with Crippen molar-refractivity contribution in [3.8, 4) is 0 Å². The molecule has 1 fully saturated rings. The Bertz CT molecular complexity index is 266. The first-order valence-corrected chi connectivity index (χ1v) is 6.01. The van der Waals surface area contributed by atoms with E-state index in [1.54, 1.807) is 7.05 Å². The molecule has 1 aliphatic heterocycles. The lowest BCUT2D eigenvalue weighted by Crippen LogP contribution is -2.43. The molecule has 1 atom stereocenters. The van der Waals surface area contributed by atoms with Crippen LogP contribution in [0.1, 0.15) is 19.3 Å². The van der Waals surface area contributed by atoms with Gasteiger partial charge in [-0.05, 0) is 19.3 Å². The zero-order valence-corrected chi connectivity index (χ0v) is 10.4. The molecule has 0 aromatic carbocycles. The number of rotatable bonds is 5. The van der Waals surface area contributed by atoms with Gasteiger partial charge in [0.1, 0.15) is 0 Å². The van der Waals surface area contributed by atoms with Crippen molar-refractivity contribution in [2.45, 2.75) is 31.5 Å². The monoisotopic (exact) mass is 268 g/mol. The van der Waals surface area contributed by atoms with E-state index in [2.05, 4.69) is 5.32 Å². The quantitative estimate of drug-likeness (QED) is 0.813. The Kier molecular flexibility index (Phi) is 5.87. The maximum Gasteiger partial charge on any atom is 0.401 e. The molecule has 1 amide bonds. The molecule has 0 bridgehead atoms. The summed E-state index contributed by atoms with van der Waals surface area (Å²) in [4.78, 5) is 13.0. The predicted molar refractivity (Wildman–Crippen MR) is 60.2 cm³/mol. The number of carbonyl (C=O) groups excluding carboxylic acids is 1. The first-order chi connectivity index (χ1) is 8.38. The first kappa shape index (κ1) is 15.2. The second-order valence-corrected chi connectivity index (χ2v) is 4.48. The molecule has 7 heteroatoms. The van der Waals surface area contributed by atoms with E-state index in [0.29, 0.717) is 13.2 Å². The Hall–Kier alpha value is -0.820. The number of ether oxygens (including phenoxy) is 1. The average molecular weight is 268 g/mol. The summed E-state index contributed by atoms with van der Waals surface area (Å²) in [6.07, 6.45) is -1.28. The van der Waals surface area contributed by atoms with Crippen LogP contribution in [0.2, 0.25) is 0 Å². The summed E-state index contributed by atoms with van der Waals surface area (Å²) < 4.78 is 41.1. The number of hydrogen-bond acceptors (Lipinski definition) is 3. The van der Waals surface area contributed by atoms with E-state index in [9.17, 15) is 18.0 Å². The molecule has 0 spiro atoms. The molecule has 106 valence electrons. The van der Waals surface area contributed by atoms with Crippen molar-refractivity contribution in [1.82, 2.24) is 10.2 Å². The lowest BCUT2D eigenvalue weighted by molar-refractivity contribution is -0.135. The van der Waals surface area contributed by atoms with Gasteiger partial charge in [-0.2, -0.15) is 13.2 Å². The number of amides is 1. The number of halogens is 3. The van der Waals surface area contributed by atoms with Crippen LogP contribution in [0.25, 0.3) is 0 Å². The number of nitrogens with one attached hydrogen (secondary N) is 1. The van der Waals surface area contributed by atoms with Crippen molar-refractivity contribution in [1.29, 1.82) is 0 Å². The van der Waals surface area contributed by atoms with Crippen LogP contribution in [-0.2, 0) is 9.53 Å². The summed E-state index contributed by atoms with van der Waals surface area (Å²) >= 11 is 0. The molecule has 0 aromatic rings. The second kappa shape index (κ2) is 6.94. The Morgan fingerprint density at radius 1 is 1.44 bits per heavy atom. The topological polar surface area (TPSA) is 41.6 Å². The van der Waals surface area contributed by atoms with E-state index >= 15 is 0 Å². The van der Waals surface area contributed by atoms with E-state index in [1.807, 2.05) is 0 Å². The summed E-state index contributed by atoms with van der Waals surface area (Å²) in [6.45, 7) is -0.319. The van der Waals surface area contributed by atoms with Crippen molar-refractivity contribution in [3.05, 3.63) is 0 Å². The highest BCUT2D eigenvalue weighted by atomic mass is 19.4. The van der Waals surface area contributed by atoms with Crippen LogP contribution >= 0.6 is 0 Å². The van der Waals surface area contributed by atoms with Crippen LogP contribution in [0.3, 0.4) is 0 Å². The van der Waals surface area contributed by atoms with Gasteiger partial charge in [-0.3, -0.25) is 4.79 Å². The summed E-state index contributed by atoms with van der Waals surface area (Å²) in [7, 11) is 1.58. The fourth-order valence-corrected chi connectivity index (χ4v) is 1.80. The summed E-state index contributed by atoms with van der Waals surface area (Å²) in [5.74, 6) is -0.353. The average Bonchev–Trinajstić information content (AvgIpc) is 2.28. The van der Waals surface area contributed by atoms with Gasteiger partial charge in [0.25, 0.3) is 0 Å². The standard InChI is InChI=1S/C11H19F3N2O2/c1-16(7-9-4-2-3-5-18-9)10(17)6-15-8-11(12,13)14/h9,15H,2-8H2,1H3. The molecule has 1 saturated heterocycles. The van der Waals surface area contributed by atoms with E-state index in [0.717, 1.165) is 19.3 Å². The van der Waals surface area contributed by atoms with Crippen molar-refractivity contribution in [3.63, 3.8) is 0 Å². The van der Waals surface area contributed by atoms with Crippen molar-refractivity contribution < 1.29 is 22.7 Å². The maximum atomic E-state index is 11.9. The lowest BCUT2D eigenvalue weighted by atomic mass is 10.1. The third kappa shape index (κ3) is 6.20.